The van der Waals surface area contributed by atoms with E-state index in [1.165, 1.54) is 57.0 Å². The van der Waals surface area contributed by atoms with Gasteiger partial charge in [-0.1, -0.05) is 31.4 Å². The van der Waals surface area contributed by atoms with Crippen LogP contribution in [0.25, 0.3) is 0 Å². The number of rotatable bonds is 11. The number of ether oxygens (including phenoxy) is 1. The number of likely N-dealkylation sites (tertiary alicyclic amines) is 1. The van der Waals surface area contributed by atoms with Crippen molar-refractivity contribution in [3.8, 4) is 5.75 Å². The maximum atomic E-state index is 11.5. The summed E-state index contributed by atoms with van der Waals surface area (Å²) < 4.78 is 5.91. The van der Waals surface area contributed by atoms with Crippen LogP contribution >= 0.6 is 11.8 Å². The number of hydrogen-bond acceptors (Lipinski definition) is 10. The molecule has 2 saturated heterocycles. The van der Waals surface area contributed by atoms with Crippen LogP contribution in [0, 0.1) is 6.92 Å². The highest BCUT2D eigenvalue weighted by molar-refractivity contribution is 7.99. The Kier molecular flexibility index (Phi) is 10.7. The molecule has 5 rings (SSSR count). The fourth-order valence-electron chi connectivity index (χ4n) is 5.63. The predicted molar refractivity (Wildman–Crippen MR) is 168 cm³/mol. The lowest BCUT2D eigenvalue weighted by Gasteiger charge is -2.37. The van der Waals surface area contributed by atoms with Crippen molar-refractivity contribution in [3.05, 3.63) is 41.6 Å². The van der Waals surface area contributed by atoms with E-state index in [1.807, 2.05) is 37.3 Å². The SMILES string of the molecule is COc1c(Nc2cc(C)[nH]n2)nc(Sc2ccc(CC(C)=O)cc2)nc1N1CCN(CCN2CCCCCCC2)CC1. The summed E-state index contributed by atoms with van der Waals surface area (Å²) in [7, 11) is 1.67. The number of carbonyl (C=O) groups is 1. The highest BCUT2D eigenvalue weighted by Crippen LogP contribution is 2.38. The molecule has 0 unspecified atom stereocenters. The van der Waals surface area contributed by atoms with Gasteiger partial charge in [-0.3, -0.25) is 14.8 Å². The fourth-order valence-corrected chi connectivity index (χ4v) is 6.38. The summed E-state index contributed by atoms with van der Waals surface area (Å²) in [4.78, 5) is 29.9. The van der Waals surface area contributed by atoms with Crippen molar-refractivity contribution < 1.29 is 9.53 Å². The topological polar surface area (TPSA) is 103 Å². The van der Waals surface area contributed by atoms with Gasteiger partial charge in [-0.15, -0.1) is 0 Å². The Labute approximate surface area is 253 Å². The number of nitrogens with zero attached hydrogens (tertiary/aromatic N) is 6. The monoisotopic (exact) mass is 592 g/mol. The van der Waals surface area contributed by atoms with E-state index in [2.05, 4.69) is 30.2 Å². The van der Waals surface area contributed by atoms with Crippen molar-refractivity contribution in [2.45, 2.75) is 62.4 Å². The Balaban J connectivity index is 1.31. The first-order valence-corrected chi connectivity index (χ1v) is 16.0. The number of nitrogens with one attached hydrogen (secondary N) is 2. The Bertz CT molecular complexity index is 1300. The lowest BCUT2D eigenvalue weighted by atomic mass is 10.1. The molecule has 2 aliphatic heterocycles. The van der Waals surface area contributed by atoms with E-state index in [9.17, 15) is 4.79 Å². The van der Waals surface area contributed by atoms with Crippen LogP contribution in [0.1, 0.15) is 50.3 Å². The van der Waals surface area contributed by atoms with Gasteiger partial charge in [0.1, 0.15) is 5.78 Å². The highest BCUT2D eigenvalue weighted by Gasteiger charge is 2.25. The number of ketones is 1. The number of carbonyl (C=O) groups excluding carboxylic acids is 1. The maximum Gasteiger partial charge on any atom is 0.204 e. The number of hydrogen-bond donors (Lipinski definition) is 2. The summed E-state index contributed by atoms with van der Waals surface area (Å²) in [6, 6.07) is 9.96. The Hall–Kier alpha value is -3.15. The molecular weight excluding hydrogens is 548 g/mol. The average molecular weight is 593 g/mol. The predicted octanol–water partition coefficient (Wildman–Crippen LogP) is 4.93. The average Bonchev–Trinajstić information content (AvgIpc) is 3.37. The lowest BCUT2D eigenvalue weighted by molar-refractivity contribution is -0.116. The smallest absolute Gasteiger partial charge is 0.204 e. The molecule has 3 aromatic rings. The number of aryl methyl sites for hydroxylation is 1. The molecule has 2 fully saturated rings. The summed E-state index contributed by atoms with van der Waals surface area (Å²) in [5.74, 6) is 2.82. The molecule has 2 aromatic heterocycles. The summed E-state index contributed by atoms with van der Waals surface area (Å²) in [5, 5.41) is 11.3. The molecular formula is C31H44N8O2S. The number of piperazine rings is 1. The number of benzene rings is 1. The third-order valence-corrected chi connectivity index (χ3v) is 8.80. The van der Waals surface area contributed by atoms with E-state index in [0.717, 1.165) is 61.2 Å². The van der Waals surface area contributed by atoms with E-state index in [0.29, 0.717) is 29.0 Å². The van der Waals surface area contributed by atoms with E-state index >= 15 is 0 Å². The minimum atomic E-state index is 0.153. The second kappa shape index (κ2) is 14.8. The minimum absolute atomic E-state index is 0.153. The molecule has 0 saturated carbocycles. The molecule has 1 aromatic carbocycles. The number of H-pyrrole nitrogens is 1. The van der Waals surface area contributed by atoms with Crippen LogP contribution in [-0.2, 0) is 11.2 Å². The van der Waals surface area contributed by atoms with Crippen molar-refractivity contribution in [3.63, 3.8) is 0 Å². The molecule has 0 atom stereocenters. The van der Waals surface area contributed by atoms with E-state index in [1.54, 1.807) is 14.0 Å². The number of aromatic amines is 1. The second-order valence-electron chi connectivity index (χ2n) is 11.3. The fraction of sp³-hybridized carbons (Fsp3) is 0.548. The van der Waals surface area contributed by atoms with Gasteiger partial charge in [0.25, 0.3) is 0 Å². The van der Waals surface area contributed by atoms with Crippen molar-refractivity contribution in [1.82, 2.24) is 30.0 Å². The van der Waals surface area contributed by atoms with Crippen LogP contribution < -0.4 is 15.0 Å². The van der Waals surface area contributed by atoms with Gasteiger partial charge in [0, 0.05) is 62.3 Å². The third kappa shape index (κ3) is 8.45. The molecule has 2 aliphatic rings. The van der Waals surface area contributed by atoms with Crippen LogP contribution in [0.3, 0.4) is 0 Å². The number of aromatic nitrogens is 4. The van der Waals surface area contributed by atoms with Crippen molar-refractivity contribution in [2.75, 3.05) is 69.7 Å². The molecule has 0 spiro atoms. The van der Waals surface area contributed by atoms with Gasteiger partial charge >= 0.3 is 0 Å². The van der Waals surface area contributed by atoms with Crippen molar-refractivity contribution in [2.24, 2.45) is 0 Å². The quantitative estimate of drug-likeness (QED) is 0.298. The second-order valence-corrected chi connectivity index (χ2v) is 12.4. The molecule has 10 nitrogen and oxygen atoms in total. The Morgan fingerprint density at radius 3 is 2.24 bits per heavy atom. The minimum Gasteiger partial charge on any atom is -0.490 e. The first kappa shape index (κ1) is 30.3. The molecule has 42 heavy (non-hydrogen) atoms. The van der Waals surface area contributed by atoms with Crippen molar-refractivity contribution in [1.29, 1.82) is 0 Å². The molecule has 0 bridgehead atoms. The van der Waals surface area contributed by atoms with Gasteiger partial charge in [-0.2, -0.15) is 5.10 Å². The molecule has 4 heterocycles. The van der Waals surface area contributed by atoms with Gasteiger partial charge in [-0.05, 0) is 69.2 Å². The zero-order valence-electron chi connectivity index (χ0n) is 25.2. The summed E-state index contributed by atoms with van der Waals surface area (Å²) in [5.41, 5.74) is 1.96. The standard InChI is InChI=1S/C31H44N8O2S/c1-23-21-27(36-35-23)32-29-28(41-3)30(34-31(33-29)42-26-11-9-25(10-12-26)22-24(2)40)39-19-17-38(18-20-39)16-15-37-13-7-5-4-6-8-14-37/h9-12,21H,4-8,13-20,22H2,1-3H3,(H2,32,33,34,35,36). The molecule has 0 radical (unpaired) electrons. The zero-order valence-corrected chi connectivity index (χ0v) is 26.0. The van der Waals surface area contributed by atoms with Crippen LogP contribution in [0.4, 0.5) is 17.5 Å². The van der Waals surface area contributed by atoms with Gasteiger partial charge in [0.2, 0.25) is 5.75 Å². The number of anilines is 3. The summed E-state index contributed by atoms with van der Waals surface area (Å²) in [6.07, 6.45) is 7.25. The Morgan fingerprint density at radius 2 is 1.62 bits per heavy atom. The van der Waals surface area contributed by atoms with Gasteiger partial charge in [-0.25, -0.2) is 9.97 Å². The maximum absolute atomic E-state index is 11.5. The van der Waals surface area contributed by atoms with Crippen LogP contribution in [-0.4, -0.2) is 95.2 Å². The van der Waals surface area contributed by atoms with Crippen LogP contribution in [0.15, 0.2) is 40.4 Å². The normalized spacial score (nSPS) is 17.1. The molecule has 2 N–H and O–H groups in total. The molecule has 0 aliphatic carbocycles. The van der Waals surface area contributed by atoms with Crippen molar-refractivity contribution >= 4 is 35.0 Å². The first-order valence-electron chi connectivity index (χ1n) is 15.2. The summed E-state index contributed by atoms with van der Waals surface area (Å²) in [6.45, 7) is 12.0. The van der Waals surface area contributed by atoms with Gasteiger partial charge in [0.15, 0.2) is 22.6 Å². The number of Topliss-reactive ketones (excluding diaryl/α,β-unsaturated/α-hetero) is 1. The third-order valence-electron chi connectivity index (χ3n) is 7.92. The van der Waals surface area contributed by atoms with Crippen LogP contribution in [0.5, 0.6) is 5.75 Å². The van der Waals surface area contributed by atoms with E-state index in [4.69, 9.17) is 14.7 Å². The van der Waals surface area contributed by atoms with Gasteiger partial charge in [0.05, 0.1) is 7.11 Å². The van der Waals surface area contributed by atoms with E-state index < -0.39 is 0 Å². The van der Waals surface area contributed by atoms with Crippen LogP contribution in [0.2, 0.25) is 0 Å². The lowest BCUT2D eigenvalue weighted by Crippen LogP contribution is -2.49. The number of methoxy groups -OCH3 is 1. The summed E-state index contributed by atoms with van der Waals surface area (Å²) >= 11 is 1.50. The van der Waals surface area contributed by atoms with E-state index in [-0.39, 0.29) is 5.78 Å². The van der Waals surface area contributed by atoms with Gasteiger partial charge < -0.3 is 19.9 Å². The highest BCUT2D eigenvalue weighted by atomic mass is 32.2. The molecule has 11 heteroatoms. The first-order chi connectivity index (χ1) is 20.5. The zero-order chi connectivity index (χ0) is 29.3. The molecule has 0 amide bonds. The molecule has 226 valence electrons. The Morgan fingerprint density at radius 1 is 0.952 bits per heavy atom. The largest absolute Gasteiger partial charge is 0.490 e.